The maximum atomic E-state index is 6.23. The highest BCUT2D eigenvalue weighted by Gasteiger charge is 2.30. The van der Waals surface area contributed by atoms with Crippen molar-refractivity contribution in [1.29, 1.82) is 0 Å². The minimum absolute atomic E-state index is 0.0539. The van der Waals surface area contributed by atoms with Gasteiger partial charge in [0.2, 0.25) is 0 Å². The molecule has 1 aliphatic rings. The highest BCUT2D eigenvalue weighted by molar-refractivity contribution is 14.2. The van der Waals surface area contributed by atoms with Gasteiger partial charge in [0.1, 0.15) is 0 Å². The first kappa shape index (κ1) is 12.1. The highest BCUT2D eigenvalue weighted by Crippen LogP contribution is 2.49. The molecule has 0 saturated heterocycles. The Bertz CT molecular complexity index is 227. The normalized spacial score (nSPS) is 31.8. The Labute approximate surface area is 97.1 Å². The Kier molecular flexibility index (Phi) is 3.97. The van der Waals surface area contributed by atoms with E-state index in [1.807, 2.05) is 0 Å². The molecule has 0 aromatic rings. The molecule has 0 fully saturated rings. The lowest BCUT2D eigenvalue weighted by atomic mass is 11.2. The molecule has 13 heavy (non-hydrogen) atoms. The molecule has 0 bridgehead atoms. The molecular weight excluding hydrogens is 326 g/mol. The highest BCUT2D eigenvalue weighted by atomic mass is 127. The number of hydrogen-bond donors (Lipinski definition) is 0. The van der Waals surface area contributed by atoms with Gasteiger partial charge in [-0.15, -0.1) is 0 Å². The Hall–Kier alpha value is 1.03. The average Bonchev–Trinajstić information content (AvgIpc) is 1.94. The molecule has 1 heterocycles. The lowest BCUT2D eigenvalue weighted by Crippen LogP contribution is -2.42. The summed E-state index contributed by atoms with van der Waals surface area (Å²) in [5.41, 5.74) is 4.62. The summed E-state index contributed by atoms with van der Waals surface area (Å²) in [7, 11) is -3.02. The SMILES string of the molecule is C[Si]1(C)/C=C\P(I)/C=C\[Si](C)(C)O1. The summed E-state index contributed by atoms with van der Waals surface area (Å²) in [6.45, 7) is 9.10. The van der Waals surface area contributed by atoms with E-state index in [1.54, 1.807) is 0 Å². The second-order valence-corrected chi connectivity index (χ2v) is 16.8. The average molecular weight is 342 g/mol. The van der Waals surface area contributed by atoms with Crippen LogP contribution in [0.25, 0.3) is 0 Å². The third-order valence-corrected chi connectivity index (χ3v) is 11.3. The summed E-state index contributed by atoms with van der Waals surface area (Å²) < 4.78 is 6.23. The maximum absolute atomic E-state index is 6.23. The summed E-state index contributed by atoms with van der Waals surface area (Å²) in [4.78, 5) is 0. The van der Waals surface area contributed by atoms with Crippen molar-refractivity contribution in [1.82, 2.24) is 0 Å². The van der Waals surface area contributed by atoms with Crippen LogP contribution in [0, 0.1) is 0 Å². The maximum Gasteiger partial charge on any atom is 0.198 e. The van der Waals surface area contributed by atoms with E-state index in [0.29, 0.717) is 0 Å². The first-order valence-corrected chi connectivity index (χ1v) is 14.6. The molecule has 0 spiro atoms. The van der Waals surface area contributed by atoms with E-state index in [0.717, 1.165) is 0 Å². The van der Waals surface area contributed by atoms with Gasteiger partial charge >= 0.3 is 0 Å². The topological polar surface area (TPSA) is 9.23 Å². The Morgan fingerprint density at radius 1 is 1.00 bits per heavy atom. The van der Waals surface area contributed by atoms with Crippen molar-refractivity contribution in [2.75, 3.05) is 0 Å². The van der Waals surface area contributed by atoms with Crippen LogP contribution in [0.4, 0.5) is 0 Å². The van der Waals surface area contributed by atoms with E-state index in [9.17, 15) is 0 Å². The van der Waals surface area contributed by atoms with Gasteiger partial charge in [-0.1, -0.05) is 23.0 Å². The summed E-state index contributed by atoms with van der Waals surface area (Å²) in [5.74, 6) is 4.64. The zero-order valence-electron chi connectivity index (χ0n) is 8.54. The zero-order valence-corrected chi connectivity index (χ0v) is 13.6. The molecule has 1 rings (SSSR count). The number of halogens is 1. The number of rotatable bonds is 0. The summed E-state index contributed by atoms with van der Waals surface area (Å²) in [6, 6.07) is 0. The third-order valence-electron chi connectivity index (χ3n) is 1.76. The molecule has 0 aromatic heterocycles. The molecule has 0 atom stereocenters. The molecule has 0 saturated carbocycles. The molecule has 0 N–H and O–H groups in total. The zero-order chi connectivity index (χ0) is 10.1. The fraction of sp³-hybridized carbons (Fsp3) is 0.500. The van der Waals surface area contributed by atoms with Gasteiger partial charge < -0.3 is 4.12 Å². The molecule has 74 valence electrons. The quantitative estimate of drug-likeness (QED) is 0.361. The molecule has 0 aliphatic carbocycles. The van der Waals surface area contributed by atoms with Crippen LogP contribution in [0.15, 0.2) is 23.0 Å². The molecule has 0 radical (unpaired) electrons. The van der Waals surface area contributed by atoms with Crippen LogP contribution < -0.4 is 0 Å². The van der Waals surface area contributed by atoms with Crippen LogP contribution in [0.3, 0.4) is 0 Å². The number of hydrogen-bond acceptors (Lipinski definition) is 1. The van der Waals surface area contributed by atoms with Crippen LogP contribution in [0.2, 0.25) is 26.2 Å². The minimum atomic E-state index is -1.51. The van der Waals surface area contributed by atoms with E-state index in [-0.39, 0.29) is 5.56 Å². The lowest BCUT2D eigenvalue weighted by Gasteiger charge is -2.31. The van der Waals surface area contributed by atoms with Crippen molar-refractivity contribution in [3.8, 4) is 0 Å². The first-order valence-electron chi connectivity index (χ1n) is 4.34. The van der Waals surface area contributed by atoms with Crippen LogP contribution in [0.1, 0.15) is 0 Å². The van der Waals surface area contributed by atoms with Crippen molar-refractivity contribution in [2.45, 2.75) is 26.2 Å². The summed E-state index contributed by atoms with van der Waals surface area (Å²) in [6.07, 6.45) is 0. The second kappa shape index (κ2) is 4.27. The van der Waals surface area contributed by atoms with Gasteiger partial charge in [0.05, 0.1) is 0 Å². The first-order chi connectivity index (χ1) is 5.81. The fourth-order valence-electron chi connectivity index (χ4n) is 1.30. The molecule has 0 unspecified atom stereocenters. The predicted octanol–water partition coefficient (Wildman–Crippen LogP) is 4.36. The third kappa shape index (κ3) is 4.38. The standard InChI is InChI=1S/C8H16IOPSi2/c1-12(2)7-5-11(9)6-8-13(3,4)10-12/h5-8H,1-4H3/b7-5-,8-6-. The van der Waals surface area contributed by atoms with E-state index >= 15 is 0 Å². The molecule has 0 aromatic carbocycles. The van der Waals surface area contributed by atoms with Crippen LogP contribution >= 0.6 is 27.6 Å². The Balaban J connectivity index is 2.91. The smallest absolute Gasteiger partial charge is 0.198 e. The van der Waals surface area contributed by atoms with Crippen molar-refractivity contribution in [3.63, 3.8) is 0 Å². The monoisotopic (exact) mass is 342 g/mol. The predicted molar refractivity (Wildman–Crippen MR) is 75.3 cm³/mol. The fourth-order valence-corrected chi connectivity index (χ4v) is 14.3. The van der Waals surface area contributed by atoms with Gasteiger partial charge in [-0.2, -0.15) is 0 Å². The second-order valence-electron chi connectivity index (χ2n) is 4.28. The molecule has 0 amide bonds. The van der Waals surface area contributed by atoms with Gasteiger partial charge in [0.15, 0.2) is 16.6 Å². The largest absolute Gasteiger partial charge is 0.449 e. The molecule has 1 nitrogen and oxygen atoms in total. The van der Waals surface area contributed by atoms with Crippen molar-refractivity contribution in [3.05, 3.63) is 23.0 Å². The minimum Gasteiger partial charge on any atom is -0.449 e. The molecule has 1 aliphatic heterocycles. The van der Waals surface area contributed by atoms with E-state index in [4.69, 9.17) is 4.12 Å². The summed E-state index contributed by atoms with van der Waals surface area (Å²) in [5, 5.41) is 0. The van der Waals surface area contributed by atoms with Gasteiger partial charge in [-0.3, -0.25) is 0 Å². The molecular formula is C8H16IOPSi2. The van der Waals surface area contributed by atoms with Crippen LogP contribution in [0.5, 0.6) is 0 Å². The Morgan fingerprint density at radius 2 is 1.38 bits per heavy atom. The van der Waals surface area contributed by atoms with E-state index < -0.39 is 16.6 Å². The molecule has 5 heteroatoms. The van der Waals surface area contributed by atoms with Gasteiger partial charge in [0, 0.05) is 5.56 Å². The van der Waals surface area contributed by atoms with Crippen molar-refractivity contribution < 1.29 is 4.12 Å². The van der Waals surface area contributed by atoms with Crippen LogP contribution in [-0.4, -0.2) is 16.6 Å². The van der Waals surface area contributed by atoms with E-state index in [1.165, 1.54) is 0 Å². The van der Waals surface area contributed by atoms with Gasteiger partial charge in [-0.05, 0) is 48.2 Å². The Morgan fingerprint density at radius 3 is 1.77 bits per heavy atom. The van der Waals surface area contributed by atoms with Gasteiger partial charge in [-0.25, -0.2) is 0 Å². The van der Waals surface area contributed by atoms with Gasteiger partial charge in [0.25, 0.3) is 0 Å². The van der Waals surface area contributed by atoms with Crippen molar-refractivity contribution >= 4 is 44.2 Å². The summed E-state index contributed by atoms with van der Waals surface area (Å²) >= 11 is 2.51. The van der Waals surface area contributed by atoms with E-state index in [2.05, 4.69) is 71.3 Å². The van der Waals surface area contributed by atoms with Crippen molar-refractivity contribution in [2.24, 2.45) is 0 Å². The van der Waals surface area contributed by atoms with Crippen LogP contribution in [-0.2, 0) is 4.12 Å². The lowest BCUT2D eigenvalue weighted by molar-refractivity contribution is 0.571.